The van der Waals surface area contributed by atoms with Crippen LogP contribution in [0.4, 0.5) is 0 Å². The second-order valence-electron chi connectivity index (χ2n) is 12.3. The molecule has 0 aromatic rings. The van der Waals surface area contributed by atoms with E-state index in [1.807, 2.05) is 0 Å². The van der Waals surface area contributed by atoms with Crippen LogP contribution in [0.1, 0.15) is 69.2 Å². The van der Waals surface area contributed by atoms with Crippen molar-refractivity contribution in [2.75, 3.05) is 0 Å². The molecule has 51 heavy (non-hydrogen) atoms. The van der Waals surface area contributed by atoms with Crippen molar-refractivity contribution >= 4 is 59.1 Å². The lowest BCUT2D eigenvalue weighted by molar-refractivity contribution is -0.398. The minimum Gasteiger partial charge on any atom is -0.480 e. The zero-order chi connectivity index (χ0) is 39.9. The molecule has 10 atom stereocenters. The van der Waals surface area contributed by atoms with Gasteiger partial charge in [-0.25, -0.2) is 0 Å². The molecule has 288 valence electrons. The van der Waals surface area contributed by atoms with Crippen LogP contribution in [0.2, 0.25) is 0 Å². The number of aliphatic carboxylic acids is 1. The van der Waals surface area contributed by atoms with Crippen LogP contribution in [0.3, 0.4) is 0 Å². The molecule has 21 nitrogen and oxygen atoms in total. The van der Waals surface area contributed by atoms with Crippen LogP contribution in [-0.4, -0.2) is 125 Å². The largest absolute Gasteiger partial charge is 0.480 e. The molecule has 0 saturated heterocycles. The fraction of sp³-hybridized carbons (Fsp3) is 0.667. The predicted molar refractivity (Wildman–Crippen MR) is 178 cm³/mol. The number of carbonyl (C=O) groups is 10. The molecule has 0 radical (unpaired) electrons. The van der Waals surface area contributed by atoms with Crippen molar-refractivity contribution in [2.24, 2.45) is 0 Å². The first-order valence-electron chi connectivity index (χ1n) is 16.2. The molecule has 0 spiro atoms. The van der Waals surface area contributed by atoms with Gasteiger partial charge in [-0.1, -0.05) is 0 Å². The number of carbonyl (C=O) groups excluding carboxylic acids is 9. The molecular formula is C30H53N10O11+. The van der Waals surface area contributed by atoms with Gasteiger partial charge in [0.15, 0.2) is 6.04 Å². The van der Waals surface area contributed by atoms with E-state index >= 15 is 0 Å². The molecule has 0 bridgehead atoms. The van der Waals surface area contributed by atoms with Gasteiger partial charge >= 0.3 is 5.97 Å². The summed E-state index contributed by atoms with van der Waals surface area (Å²) in [5, 5.41) is 30.2. The molecule has 0 heterocycles. The van der Waals surface area contributed by atoms with Gasteiger partial charge in [-0.2, -0.15) is 0 Å². The molecule has 21 heteroatoms. The van der Waals surface area contributed by atoms with Crippen molar-refractivity contribution in [1.82, 2.24) is 47.9 Å². The first-order valence-corrected chi connectivity index (χ1v) is 16.2. The maximum absolute atomic E-state index is 12.7. The Morgan fingerprint density at radius 2 is 0.451 bits per heavy atom. The fourth-order valence-electron chi connectivity index (χ4n) is 3.65. The Bertz CT molecular complexity index is 1340. The van der Waals surface area contributed by atoms with Crippen LogP contribution < -0.4 is 53.6 Å². The van der Waals surface area contributed by atoms with E-state index in [-0.39, 0.29) is 0 Å². The van der Waals surface area contributed by atoms with Gasteiger partial charge in [-0.05, 0) is 69.2 Å². The number of amides is 9. The Balaban J connectivity index is 4.85. The third kappa shape index (κ3) is 16.3. The minimum absolute atomic E-state index is 0.451. The highest BCUT2D eigenvalue weighted by Gasteiger charge is 2.29. The Kier molecular flexibility index (Phi) is 18.8. The van der Waals surface area contributed by atoms with Crippen LogP contribution >= 0.6 is 0 Å². The molecule has 0 unspecified atom stereocenters. The van der Waals surface area contributed by atoms with Crippen molar-refractivity contribution in [3.05, 3.63) is 0 Å². The SMILES string of the molecule is C[C@H]([NH3+])C(=O)N[C@@H](C)C(=O)N[C@@H](C)C(=O)N[C@@H](C)C(=O)N[C@@H](C)C(=O)N[C@@H](C)C(=O)N[C@@H](C)C(=O)N[C@@H](C)C(=O)N[C@@H](C)C(=O)N[C@@H](C)C(=O)O. The number of rotatable bonds is 19. The highest BCUT2D eigenvalue weighted by atomic mass is 16.4. The first-order chi connectivity index (χ1) is 23.4. The lowest BCUT2D eigenvalue weighted by atomic mass is 10.2. The smallest absolute Gasteiger partial charge is 0.325 e. The summed E-state index contributed by atoms with van der Waals surface area (Å²) in [7, 11) is 0. The summed E-state index contributed by atoms with van der Waals surface area (Å²) in [5.74, 6) is -7.63. The minimum atomic E-state index is -1.27. The second kappa shape index (κ2) is 21.0. The highest BCUT2D eigenvalue weighted by molar-refractivity contribution is 5.97. The number of carboxylic acids is 1. The first kappa shape index (κ1) is 45.7. The van der Waals surface area contributed by atoms with Gasteiger partial charge in [0.1, 0.15) is 54.4 Å². The number of hydrogen-bond donors (Lipinski definition) is 11. The molecule has 9 amide bonds. The van der Waals surface area contributed by atoms with Crippen LogP contribution in [0, 0.1) is 0 Å². The molecule has 0 aromatic heterocycles. The normalized spacial score (nSPS) is 16.6. The second-order valence-corrected chi connectivity index (χ2v) is 12.3. The topological polar surface area (TPSA) is 327 Å². The number of carboxylic acid groups (broad SMARTS) is 1. The van der Waals surface area contributed by atoms with Gasteiger partial charge in [0.25, 0.3) is 5.91 Å². The zero-order valence-electron chi connectivity index (χ0n) is 30.5. The van der Waals surface area contributed by atoms with Gasteiger partial charge < -0.3 is 58.7 Å². The van der Waals surface area contributed by atoms with Crippen LogP contribution in [0.15, 0.2) is 0 Å². The van der Waals surface area contributed by atoms with Crippen molar-refractivity contribution in [3.63, 3.8) is 0 Å². The number of hydrogen-bond acceptors (Lipinski definition) is 10. The monoisotopic (exact) mass is 729 g/mol. The molecule has 0 aliphatic rings. The summed E-state index contributed by atoms with van der Waals surface area (Å²) >= 11 is 0. The number of quaternary nitrogens is 1. The van der Waals surface area contributed by atoms with Crippen molar-refractivity contribution in [1.29, 1.82) is 0 Å². The summed E-state index contributed by atoms with van der Waals surface area (Å²) in [4.78, 5) is 122. The van der Waals surface area contributed by atoms with Crippen LogP contribution in [-0.2, 0) is 47.9 Å². The summed E-state index contributed by atoms with van der Waals surface area (Å²) in [6.07, 6.45) is 0. The maximum Gasteiger partial charge on any atom is 0.325 e. The van der Waals surface area contributed by atoms with Crippen LogP contribution in [0.25, 0.3) is 0 Å². The Morgan fingerprint density at radius 1 is 0.314 bits per heavy atom. The average molecular weight is 730 g/mol. The van der Waals surface area contributed by atoms with Gasteiger partial charge in [-0.15, -0.1) is 0 Å². The summed E-state index contributed by atoms with van der Waals surface area (Å²) in [5.41, 5.74) is 3.56. The summed E-state index contributed by atoms with van der Waals surface area (Å²) in [6, 6.07) is -10.7. The zero-order valence-corrected chi connectivity index (χ0v) is 30.5. The van der Waals surface area contributed by atoms with Gasteiger partial charge in [0.05, 0.1) is 0 Å². The Labute approximate surface area is 295 Å². The molecule has 0 rings (SSSR count). The van der Waals surface area contributed by atoms with E-state index in [1.54, 1.807) is 6.92 Å². The van der Waals surface area contributed by atoms with E-state index in [1.165, 1.54) is 62.3 Å². The Hall–Kier alpha value is -5.34. The molecule has 0 saturated carbocycles. The van der Waals surface area contributed by atoms with E-state index in [2.05, 4.69) is 53.6 Å². The summed E-state index contributed by atoms with van der Waals surface area (Å²) < 4.78 is 0. The highest BCUT2D eigenvalue weighted by Crippen LogP contribution is 1.96. The van der Waals surface area contributed by atoms with Gasteiger partial charge in [0, 0.05) is 0 Å². The quantitative estimate of drug-likeness (QED) is 0.0595. The molecule has 0 aliphatic heterocycles. The van der Waals surface area contributed by atoms with E-state index < -0.39 is 120 Å². The van der Waals surface area contributed by atoms with E-state index in [9.17, 15) is 47.9 Å². The van der Waals surface area contributed by atoms with E-state index in [4.69, 9.17) is 5.11 Å². The third-order valence-corrected chi connectivity index (χ3v) is 7.19. The fourth-order valence-corrected chi connectivity index (χ4v) is 3.65. The third-order valence-electron chi connectivity index (χ3n) is 7.19. The molecular weight excluding hydrogens is 676 g/mol. The molecule has 0 aliphatic carbocycles. The standard InChI is InChI=1S/C30H52N10O11/c1-11(31)21(41)32-12(2)22(42)33-13(3)23(43)34-14(4)24(44)35-15(5)25(45)36-16(6)26(46)37-17(7)27(47)38-18(8)28(48)39-19(9)29(49)40-20(10)30(50)51/h11-20H,31H2,1-10H3,(H,32,41)(H,33,42)(H,34,43)(H,35,44)(H,36,45)(H,37,46)(H,38,47)(H,39,48)(H,40,49)(H,50,51)/p+1/t11-,12-,13-,14-,15-,16-,17-,18-,19-,20-/m0/s1. The Morgan fingerprint density at radius 3 is 0.588 bits per heavy atom. The number of nitrogens with one attached hydrogen (secondary N) is 9. The van der Waals surface area contributed by atoms with Crippen molar-refractivity contribution < 1.29 is 58.8 Å². The predicted octanol–water partition coefficient (Wildman–Crippen LogP) is -5.76. The summed E-state index contributed by atoms with van der Waals surface area (Å²) in [6.45, 7) is 13.6. The molecule has 13 N–H and O–H groups in total. The van der Waals surface area contributed by atoms with Crippen molar-refractivity contribution in [2.45, 2.75) is 130 Å². The lowest BCUT2D eigenvalue weighted by Crippen LogP contribution is -2.67. The average Bonchev–Trinajstić information content (AvgIpc) is 3.03. The molecule has 0 fully saturated rings. The maximum atomic E-state index is 12.7. The molecule has 0 aromatic carbocycles. The van der Waals surface area contributed by atoms with Gasteiger partial charge in [-0.3, -0.25) is 47.9 Å². The van der Waals surface area contributed by atoms with Gasteiger partial charge in [0.2, 0.25) is 47.3 Å². The van der Waals surface area contributed by atoms with E-state index in [0.29, 0.717) is 0 Å². The van der Waals surface area contributed by atoms with Crippen LogP contribution in [0.5, 0.6) is 0 Å². The van der Waals surface area contributed by atoms with E-state index in [0.717, 1.165) is 0 Å². The lowest BCUT2D eigenvalue weighted by Gasteiger charge is -2.23. The van der Waals surface area contributed by atoms with Crippen molar-refractivity contribution in [3.8, 4) is 0 Å².